The number of nitrogens with zero attached hydrogens (tertiary/aromatic N) is 3. The zero-order valence-corrected chi connectivity index (χ0v) is 14.5. The second kappa shape index (κ2) is 7.48. The van der Waals surface area contributed by atoms with Crippen molar-refractivity contribution in [3.8, 4) is 5.69 Å². The average molecular weight is 341 g/mol. The number of aromatic nitrogens is 2. The van der Waals surface area contributed by atoms with Gasteiger partial charge < -0.3 is 10.6 Å². The van der Waals surface area contributed by atoms with Crippen LogP contribution in [0, 0.1) is 6.92 Å². The first-order chi connectivity index (χ1) is 12.0. The fraction of sp³-hybridized carbons (Fsp3) is 0.389. The van der Waals surface area contributed by atoms with Gasteiger partial charge in [0.25, 0.3) is 0 Å². The summed E-state index contributed by atoms with van der Waals surface area (Å²) in [5, 5.41) is 10.0. The lowest BCUT2D eigenvalue weighted by atomic mass is 10.1. The van der Waals surface area contributed by atoms with Crippen LogP contribution in [0.4, 0.5) is 0 Å². The van der Waals surface area contributed by atoms with E-state index in [9.17, 15) is 9.59 Å². The van der Waals surface area contributed by atoms with Crippen LogP contribution < -0.4 is 10.6 Å². The van der Waals surface area contributed by atoms with Crippen LogP contribution >= 0.6 is 0 Å². The molecule has 1 aliphatic heterocycles. The summed E-state index contributed by atoms with van der Waals surface area (Å²) in [7, 11) is 1.86. The van der Waals surface area contributed by atoms with Gasteiger partial charge in [-0.3, -0.25) is 14.5 Å². The molecule has 1 aliphatic rings. The fourth-order valence-electron chi connectivity index (χ4n) is 2.93. The van der Waals surface area contributed by atoms with Crippen molar-refractivity contribution >= 4 is 11.8 Å². The van der Waals surface area contributed by atoms with Crippen LogP contribution in [-0.4, -0.2) is 52.7 Å². The van der Waals surface area contributed by atoms with E-state index in [-0.39, 0.29) is 18.2 Å². The van der Waals surface area contributed by atoms with Crippen molar-refractivity contribution in [3.63, 3.8) is 0 Å². The first kappa shape index (κ1) is 17.2. The topological polar surface area (TPSA) is 79.3 Å². The molecule has 3 rings (SSSR count). The maximum absolute atomic E-state index is 12.2. The number of nitrogens with one attached hydrogen (secondary N) is 2. The number of aryl methyl sites for hydroxylation is 1. The molecule has 7 nitrogen and oxygen atoms in total. The third-order valence-corrected chi connectivity index (χ3v) is 4.47. The molecule has 0 spiro atoms. The predicted octanol–water partition coefficient (Wildman–Crippen LogP) is 0.617. The number of carbonyl (C=O) groups excluding carboxylic acids is 2. The lowest BCUT2D eigenvalue weighted by Crippen LogP contribution is -2.54. The van der Waals surface area contributed by atoms with Crippen molar-refractivity contribution in [2.45, 2.75) is 25.9 Å². The van der Waals surface area contributed by atoms with Gasteiger partial charge in [0.15, 0.2) is 0 Å². The third kappa shape index (κ3) is 4.06. The Morgan fingerprint density at radius 1 is 1.40 bits per heavy atom. The molecule has 0 radical (unpaired) electrons. The minimum Gasteiger partial charge on any atom is -0.353 e. The molecule has 2 heterocycles. The largest absolute Gasteiger partial charge is 0.353 e. The molecule has 132 valence electrons. The second-order valence-electron chi connectivity index (χ2n) is 6.35. The average Bonchev–Trinajstić information content (AvgIpc) is 3.06. The van der Waals surface area contributed by atoms with Gasteiger partial charge in [0.1, 0.15) is 0 Å². The van der Waals surface area contributed by atoms with E-state index in [2.05, 4.69) is 15.7 Å². The molecule has 25 heavy (non-hydrogen) atoms. The number of para-hydroxylation sites is 1. The van der Waals surface area contributed by atoms with Crippen molar-refractivity contribution in [1.82, 2.24) is 25.3 Å². The van der Waals surface area contributed by atoms with E-state index >= 15 is 0 Å². The van der Waals surface area contributed by atoms with Crippen LogP contribution in [0.5, 0.6) is 0 Å². The van der Waals surface area contributed by atoms with Gasteiger partial charge in [0, 0.05) is 31.4 Å². The van der Waals surface area contributed by atoms with Crippen molar-refractivity contribution in [3.05, 3.63) is 47.8 Å². The van der Waals surface area contributed by atoms with Gasteiger partial charge in [-0.2, -0.15) is 5.10 Å². The highest BCUT2D eigenvalue weighted by Crippen LogP contribution is 2.13. The maximum atomic E-state index is 12.2. The first-order valence-electron chi connectivity index (χ1n) is 8.39. The number of amides is 2. The van der Waals surface area contributed by atoms with Gasteiger partial charge in [-0.15, -0.1) is 0 Å². The molecule has 1 saturated heterocycles. The quantitative estimate of drug-likeness (QED) is 0.835. The zero-order chi connectivity index (χ0) is 17.8. The third-order valence-electron chi connectivity index (χ3n) is 4.47. The van der Waals surface area contributed by atoms with Crippen molar-refractivity contribution in [2.75, 3.05) is 20.1 Å². The van der Waals surface area contributed by atoms with E-state index in [0.717, 1.165) is 23.4 Å². The molecule has 2 aromatic rings. The summed E-state index contributed by atoms with van der Waals surface area (Å²) in [5.74, 6) is -0.228. The number of hydrogen-bond donors (Lipinski definition) is 2. The first-order valence-corrected chi connectivity index (χ1v) is 8.39. The van der Waals surface area contributed by atoms with Crippen LogP contribution in [0.15, 0.2) is 36.7 Å². The summed E-state index contributed by atoms with van der Waals surface area (Å²) in [5.41, 5.74) is 3.06. The van der Waals surface area contributed by atoms with E-state index in [4.69, 9.17) is 0 Å². The Balaban J connectivity index is 1.56. The second-order valence-corrected chi connectivity index (χ2v) is 6.35. The Morgan fingerprint density at radius 3 is 2.96 bits per heavy atom. The minimum absolute atomic E-state index is 0.0868. The summed E-state index contributed by atoms with van der Waals surface area (Å²) >= 11 is 0. The summed E-state index contributed by atoms with van der Waals surface area (Å²) in [6.45, 7) is 3.81. The van der Waals surface area contributed by atoms with E-state index < -0.39 is 6.04 Å². The van der Waals surface area contributed by atoms with Gasteiger partial charge >= 0.3 is 0 Å². The standard InChI is InChI=1S/C18H23N5O2/c1-13-5-3-4-6-15(13)23-12-14(11-21-23)10-20-17(24)9-16-18(25)19-7-8-22(16)2/h3-6,11-12,16H,7-10H2,1-2H3,(H,19,25)(H,20,24)/t16-/m1/s1. The number of piperazine rings is 1. The molecule has 2 N–H and O–H groups in total. The molecule has 0 aliphatic carbocycles. The van der Waals surface area contributed by atoms with E-state index in [1.54, 1.807) is 10.9 Å². The van der Waals surface area contributed by atoms with Crippen LogP contribution in [-0.2, 0) is 16.1 Å². The lowest BCUT2D eigenvalue weighted by Gasteiger charge is -2.31. The highest BCUT2D eigenvalue weighted by Gasteiger charge is 2.28. The number of hydrogen-bond acceptors (Lipinski definition) is 4. The zero-order valence-electron chi connectivity index (χ0n) is 14.5. The van der Waals surface area contributed by atoms with Crippen LogP contribution in [0.25, 0.3) is 5.69 Å². The van der Waals surface area contributed by atoms with Crippen molar-refractivity contribution < 1.29 is 9.59 Å². The van der Waals surface area contributed by atoms with E-state index in [1.807, 2.05) is 49.3 Å². The number of benzene rings is 1. The van der Waals surface area contributed by atoms with Gasteiger partial charge in [-0.05, 0) is 25.6 Å². The smallest absolute Gasteiger partial charge is 0.237 e. The van der Waals surface area contributed by atoms with Crippen LogP contribution in [0.3, 0.4) is 0 Å². The summed E-state index contributed by atoms with van der Waals surface area (Å²) in [6.07, 6.45) is 3.81. The fourth-order valence-corrected chi connectivity index (χ4v) is 2.93. The molecule has 1 fully saturated rings. The number of likely N-dealkylation sites (N-methyl/N-ethyl adjacent to an activating group) is 1. The molecule has 0 unspecified atom stereocenters. The number of rotatable bonds is 5. The Hall–Kier alpha value is -2.67. The number of carbonyl (C=O) groups is 2. The molecule has 1 aromatic heterocycles. The van der Waals surface area contributed by atoms with Crippen LogP contribution in [0.2, 0.25) is 0 Å². The molecule has 0 saturated carbocycles. The summed E-state index contributed by atoms with van der Waals surface area (Å²) < 4.78 is 1.80. The Kier molecular flexibility index (Phi) is 5.14. The summed E-state index contributed by atoms with van der Waals surface area (Å²) in [6, 6.07) is 7.59. The molecule has 0 bridgehead atoms. The minimum atomic E-state index is -0.400. The van der Waals surface area contributed by atoms with Crippen LogP contribution in [0.1, 0.15) is 17.5 Å². The van der Waals surface area contributed by atoms with E-state index in [1.165, 1.54) is 0 Å². The normalized spacial score (nSPS) is 18.0. The monoisotopic (exact) mass is 341 g/mol. The van der Waals surface area contributed by atoms with Gasteiger partial charge in [-0.25, -0.2) is 4.68 Å². The predicted molar refractivity (Wildman–Crippen MR) is 94.2 cm³/mol. The molecule has 1 aromatic carbocycles. The molecule has 1 atom stereocenters. The Labute approximate surface area is 147 Å². The molecule has 2 amide bonds. The Bertz CT molecular complexity index is 770. The van der Waals surface area contributed by atoms with Gasteiger partial charge in [0.05, 0.1) is 24.3 Å². The van der Waals surface area contributed by atoms with Gasteiger partial charge in [-0.1, -0.05) is 18.2 Å². The SMILES string of the molecule is Cc1ccccc1-n1cc(CNC(=O)C[C@@H]2C(=O)NCCN2C)cn1. The maximum Gasteiger partial charge on any atom is 0.237 e. The molecule has 7 heteroatoms. The highest BCUT2D eigenvalue weighted by molar-refractivity contribution is 5.88. The molecular weight excluding hydrogens is 318 g/mol. The summed E-state index contributed by atoms with van der Waals surface area (Å²) in [4.78, 5) is 25.9. The lowest BCUT2D eigenvalue weighted by molar-refractivity contribution is -0.133. The van der Waals surface area contributed by atoms with E-state index in [0.29, 0.717) is 13.1 Å². The highest BCUT2D eigenvalue weighted by atomic mass is 16.2. The molecular formula is C18H23N5O2. The van der Waals surface area contributed by atoms with Crippen molar-refractivity contribution in [1.29, 1.82) is 0 Å². The Morgan fingerprint density at radius 2 is 2.20 bits per heavy atom. The van der Waals surface area contributed by atoms with Crippen molar-refractivity contribution in [2.24, 2.45) is 0 Å². The van der Waals surface area contributed by atoms with Gasteiger partial charge in [0.2, 0.25) is 11.8 Å².